The molecule has 0 saturated carbocycles. The van der Waals surface area contributed by atoms with Gasteiger partial charge in [-0.2, -0.15) is 0 Å². The number of benzene rings is 1. The number of hydrogen-bond acceptors (Lipinski definition) is 4. The Morgan fingerprint density at radius 3 is 3.05 bits per heavy atom. The molecule has 0 bridgehead atoms. The van der Waals surface area contributed by atoms with Gasteiger partial charge in [0.05, 0.1) is 19.2 Å². The lowest BCUT2D eigenvalue weighted by Crippen LogP contribution is -2.43. The van der Waals surface area contributed by atoms with Crippen LogP contribution in [0.15, 0.2) is 41.1 Å². The SMILES string of the molecule is O=C(NCc1ccon1)N(CCO)C1CCc2ccccc21. The predicted molar refractivity (Wildman–Crippen MR) is 80.0 cm³/mol. The molecule has 0 saturated heterocycles. The summed E-state index contributed by atoms with van der Waals surface area (Å²) in [5.41, 5.74) is 3.12. The Morgan fingerprint density at radius 2 is 2.27 bits per heavy atom. The van der Waals surface area contributed by atoms with Gasteiger partial charge in [0.2, 0.25) is 0 Å². The van der Waals surface area contributed by atoms with Crippen molar-refractivity contribution < 1.29 is 14.4 Å². The second kappa shape index (κ2) is 6.62. The number of carbonyl (C=O) groups is 1. The molecule has 1 heterocycles. The van der Waals surface area contributed by atoms with Crippen molar-refractivity contribution in [3.05, 3.63) is 53.4 Å². The molecular weight excluding hydrogens is 282 g/mol. The fourth-order valence-corrected chi connectivity index (χ4v) is 2.96. The van der Waals surface area contributed by atoms with Crippen LogP contribution in [0.4, 0.5) is 4.79 Å². The molecule has 1 aliphatic carbocycles. The second-order valence-electron chi connectivity index (χ2n) is 5.32. The van der Waals surface area contributed by atoms with E-state index < -0.39 is 0 Å². The van der Waals surface area contributed by atoms with E-state index in [1.54, 1.807) is 11.0 Å². The van der Waals surface area contributed by atoms with E-state index in [0.717, 1.165) is 12.8 Å². The molecule has 1 unspecified atom stereocenters. The number of urea groups is 1. The van der Waals surface area contributed by atoms with Gasteiger partial charge in [-0.25, -0.2) is 4.79 Å². The van der Waals surface area contributed by atoms with Gasteiger partial charge < -0.3 is 19.8 Å². The van der Waals surface area contributed by atoms with Gasteiger partial charge >= 0.3 is 6.03 Å². The fourth-order valence-electron chi connectivity index (χ4n) is 2.96. The molecule has 1 aromatic carbocycles. The number of aliphatic hydroxyl groups excluding tert-OH is 1. The number of aryl methyl sites for hydroxylation is 1. The minimum absolute atomic E-state index is 0.0145. The van der Waals surface area contributed by atoms with Crippen molar-refractivity contribution in [2.45, 2.75) is 25.4 Å². The van der Waals surface area contributed by atoms with Crippen molar-refractivity contribution in [3.8, 4) is 0 Å². The Hall–Kier alpha value is -2.34. The Morgan fingerprint density at radius 1 is 1.41 bits per heavy atom. The molecule has 1 atom stereocenters. The molecule has 0 spiro atoms. The molecule has 2 N–H and O–H groups in total. The number of aliphatic hydroxyl groups is 1. The van der Waals surface area contributed by atoms with Crippen LogP contribution in [0.2, 0.25) is 0 Å². The second-order valence-corrected chi connectivity index (χ2v) is 5.32. The van der Waals surface area contributed by atoms with Crippen molar-refractivity contribution in [2.75, 3.05) is 13.2 Å². The van der Waals surface area contributed by atoms with Gasteiger partial charge in [-0.3, -0.25) is 0 Å². The summed E-state index contributed by atoms with van der Waals surface area (Å²) < 4.78 is 4.75. The average molecular weight is 301 g/mol. The van der Waals surface area contributed by atoms with Crippen LogP contribution in [0, 0.1) is 0 Å². The standard InChI is InChI=1S/C16H19N3O3/c20-9-8-19(16(21)17-11-13-7-10-22-18-13)15-6-5-12-3-1-2-4-14(12)15/h1-4,7,10,15,20H,5-6,8-9,11H2,(H,17,21). The first-order valence-electron chi connectivity index (χ1n) is 7.42. The smallest absolute Gasteiger partial charge is 0.318 e. The Kier molecular flexibility index (Phi) is 4.39. The molecule has 3 rings (SSSR count). The third kappa shape index (κ3) is 2.96. The number of nitrogens with one attached hydrogen (secondary N) is 1. The molecular formula is C16H19N3O3. The average Bonchev–Trinajstić information content (AvgIpc) is 3.20. The molecule has 0 radical (unpaired) electrons. The van der Waals surface area contributed by atoms with Crippen molar-refractivity contribution >= 4 is 6.03 Å². The van der Waals surface area contributed by atoms with Crippen LogP contribution in [0.25, 0.3) is 0 Å². The maximum absolute atomic E-state index is 12.5. The quantitative estimate of drug-likeness (QED) is 0.883. The molecule has 1 aromatic heterocycles. The summed E-state index contributed by atoms with van der Waals surface area (Å²) in [5.74, 6) is 0. The highest BCUT2D eigenvalue weighted by molar-refractivity contribution is 5.75. The number of rotatable bonds is 5. The van der Waals surface area contributed by atoms with Crippen LogP contribution in [0.1, 0.15) is 29.3 Å². The molecule has 2 aromatic rings. The first kappa shape index (κ1) is 14.6. The minimum atomic E-state index is -0.196. The summed E-state index contributed by atoms with van der Waals surface area (Å²) >= 11 is 0. The molecule has 6 nitrogen and oxygen atoms in total. The number of fused-ring (bicyclic) bond motifs is 1. The van der Waals surface area contributed by atoms with Crippen LogP contribution < -0.4 is 5.32 Å². The van der Waals surface area contributed by atoms with Gasteiger partial charge in [-0.05, 0) is 24.0 Å². The summed E-state index contributed by atoms with van der Waals surface area (Å²) in [7, 11) is 0. The highest BCUT2D eigenvalue weighted by atomic mass is 16.5. The zero-order valence-electron chi connectivity index (χ0n) is 12.2. The van der Waals surface area contributed by atoms with Gasteiger partial charge in [0, 0.05) is 12.6 Å². The van der Waals surface area contributed by atoms with Crippen LogP contribution in [-0.4, -0.2) is 34.3 Å². The first-order valence-corrected chi connectivity index (χ1v) is 7.42. The Labute approximate surface area is 128 Å². The van der Waals surface area contributed by atoms with Crippen molar-refractivity contribution in [1.29, 1.82) is 0 Å². The zero-order chi connectivity index (χ0) is 15.4. The summed E-state index contributed by atoms with van der Waals surface area (Å²) in [5, 5.41) is 15.9. The van der Waals surface area contributed by atoms with E-state index in [-0.39, 0.29) is 18.7 Å². The topological polar surface area (TPSA) is 78.6 Å². The van der Waals surface area contributed by atoms with Gasteiger partial charge in [-0.1, -0.05) is 29.4 Å². The molecule has 0 aliphatic heterocycles. The zero-order valence-corrected chi connectivity index (χ0v) is 12.2. The fraction of sp³-hybridized carbons (Fsp3) is 0.375. The maximum atomic E-state index is 12.5. The predicted octanol–water partition coefficient (Wildman–Crippen LogP) is 1.87. The van der Waals surface area contributed by atoms with Gasteiger partial charge in [-0.15, -0.1) is 0 Å². The summed E-state index contributed by atoms with van der Waals surface area (Å²) in [6, 6.07) is 9.69. The number of amides is 2. The summed E-state index contributed by atoms with van der Waals surface area (Å²) in [6.45, 7) is 0.561. The van der Waals surface area contributed by atoms with Crippen molar-refractivity contribution in [3.63, 3.8) is 0 Å². The van der Waals surface area contributed by atoms with Crippen LogP contribution in [0.5, 0.6) is 0 Å². The summed E-state index contributed by atoms with van der Waals surface area (Å²) in [4.78, 5) is 14.2. The van der Waals surface area contributed by atoms with Crippen LogP contribution >= 0.6 is 0 Å². The number of hydrogen-bond donors (Lipinski definition) is 2. The van der Waals surface area contributed by atoms with Crippen LogP contribution in [-0.2, 0) is 13.0 Å². The van der Waals surface area contributed by atoms with E-state index in [1.807, 2.05) is 12.1 Å². The van der Waals surface area contributed by atoms with E-state index in [2.05, 4.69) is 22.6 Å². The third-order valence-corrected chi connectivity index (χ3v) is 3.99. The lowest BCUT2D eigenvalue weighted by atomic mass is 10.1. The summed E-state index contributed by atoms with van der Waals surface area (Å²) in [6.07, 6.45) is 3.32. The van der Waals surface area contributed by atoms with Gasteiger partial charge in [0.25, 0.3) is 0 Å². The highest BCUT2D eigenvalue weighted by Gasteiger charge is 2.30. The van der Waals surface area contributed by atoms with E-state index >= 15 is 0 Å². The van der Waals surface area contributed by atoms with Gasteiger partial charge in [0.1, 0.15) is 12.0 Å². The molecule has 0 fully saturated rings. The van der Waals surface area contributed by atoms with E-state index in [9.17, 15) is 9.90 Å². The number of aromatic nitrogens is 1. The van der Waals surface area contributed by atoms with Crippen molar-refractivity contribution in [1.82, 2.24) is 15.4 Å². The first-order chi connectivity index (χ1) is 10.8. The van der Waals surface area contributed by atoms with E-state index in [4.69, 9.17) is 4.52 Å². The molecule has 116 valence electrons. The van der Waals surface area contributed by atoms with E-state index in [1.165, 1.54) is 17.4 Å². The molecule has 1 aliphatic rings. The molecule has 6 heteroatoms. The lowest BCUT2D eigenvalue weighted by Gasteiger charge is -2.29. The van der Waals surface area contributed by atoms with Gasteiger partial charge in [0.15, 0.2) is 0 Å². The molecule has 2 amide bonds. The maximum Gasteiger partial charge on any atom is 0.318 e. The monoisotopic (exact) mass is 301 g/mol. The Balaban J connectivity index is 1.71. The lowest BCUT2D eigenvalue weighted by molar-refractivity contribution is 0.151. The van der Waals surface area contributed by atoms with Crippen LogP contribution in [0.3, 0.4) is 0 Å². The van der Waals surface area contributed by atoms with Crippen molar-refractivity contribution in [2.24, 2.45) is 0 Å². The highest BCUT2D eigenvalue weighted by Crippen LogP contribution is 2.35. The molecule has 22 heavy (non-hydrogen) atoms. The number of carbonyl (C=O) groups excluding carboxylic acids is 1. The number of nitrogens with zero attached hydrogens (tertiary/aromatic N) is 2. The minimum Gasteiger partial charge on any atom is -0.395 e. The Bertz CT molecular complexity index is 627. The third-order valence-electron chi connectivity index (χ3n) is 3.99. The normalized spacial score (nSPS) is 16.3. The largest absolute Gasteiger partial charge is 0.395 e. The van der Waals surface area contributed by atoms with E-state index in [0.29, 0.717) is 18.8 Å².